The van der Waals surface area contributed by atoms with Gasteiger partial charge >= 0.3 is 5.97 Å². The molecule has 0 aromatic carbocycles. The highest BCUT2D eigenvalue weighted by Crippen LogP contribution is 2.18. The third-order valence-corrected chi connectivity index (χ3v) is 3.62. The molecule has 2 rings (SSSR count). The van der Waals surface area contributed by atoms with Crippen molar-refractivity contribution in [1.82, 2.24) is 10.5 Å². The number of aromatic carboxylic acids is 1. The van der Waals surface area contributed by atoms with Crippen molar-refractivity contribution in [3.05, 3.63) is 40.2 Å². The molecule has 2 aromatic rings. The van der Waals surface area contributed by atoms with Gasteiger partial charge in [0, 0.05) is 31.0 Å². The number of rotatable bonds is 7. The van der Waals surface area contributed by atoms with Crippen LogP contribution in [-0.2, 0) is 25.8 Å². The second-order valence-corrected chi connectivity index (χ2v) is 5.03. The van der Waals surface area contributed by atoms with Gasteiger partial charge < -0.3 is 19.4 Å². The Morgan fingerprint density at radius 3 is 2.39 bits per heavy atom. The third-order valence-electron chi connectivity index (χ3n) is 3.62. The molecular formula is C16H20N2O5. The molecule has 0 bridgehead atoms. The Hall–Kier alpha value is -2.57. The first kappa shape index (κ1) is 16.8. The van der Waals surface area contributed by atoms with Crippen LogP contribution in [0.4, 0.5) is 0 Å². The summed E-state index contributed by atoms with van der Waals surface area (Å²) in [6.45, 7) is 5.94. The van der Waals surface area contributed by atoms with E-state index in [-0.39, 0.29) is 23.6 Å². The Balaban J connectivity index is 2.14. The van der Waals surface area contributed by atoms with E-state index in [9.17, 15) is 9.59 Å². The van der Waals surface area contributed by atoms with Crippen molar-refractivity contribution in [1.29, 1.82) is 0 Å². The first-order valence-electron chi connectivity index (χ1n) is 7.62. The van der Waals surface area contributed by atoms with Gasteiger partial charge in [-0.25, -0.2) is 4.79 Å². The molecule has 7 heteroatoms. The van der Waals surface area contributed by atoms with Gasteiger partial charge in [0.2, 0.25) is 0 Å². The Morgan fingerprint density at radius 2 is 1.87 bits per heavy atom. The molecule has 0 atom stereocenters. The van der Waals surface area contributed by atoms with Crippen molar-refractivity contribution < 1.29 is 23.6 Å². The van der Waals surface area contributed by atoms with Crippen molar-refractivity contribution in [3.63, 3.8) is 0 Å². The number of hydrogen-bond donors (Lipinski definition) is 2. The van der Waals surface area contributed by atoms with Gasteiger partial charge in [0.1, 0.15) is 17.1 Å². The van der Waals surface area contributed by atoms with Gasteiger partial charge in [-0.15, -0.1) is 0 Å². The number of carboxylic acids is 1. The van der Waals surface area contributed by atoms with E-state index in [1.165, 1.54) is 6.07 Å². The molecule has 7 nitrogen and oxygen atoms in total. The van der Waals surface area contributed by atoms with E-state index >= 15 is 0 Å². The van der Waals surface area contributed by atoms with Gasteiger partial charge in [-0.1, -0.05) is 25.9 Å². The van der Waals surface area contributed by atoms with Crippen molar-refractivity contribution in [2.75, 3.05) is 0 Å². The Bertz CT molecular complexity index is 693. The first-order chi connectivity index (χ1) is 11.0. The van der Waals surface area contributed by atoms with Gasteiger partial charge in [-0.3, -0.25) is 4.79 Å². The Morgan fingerprint density at radius 1 is 1.17 bits per heavy atom. The predicted molar refractivity (Wildman–Crippen MR) is 81.5 cm³/mol. The highest BCUT2D eigenvalue weighted by atomic mass is 16.5. The second-order valence-electron chi connectivity index (χ2n) is 5.03. The number of aryl methyl sites for hydroxylation is 3. The van der Waals surface area contributed by atoms with Crippen LogP contribution in [0, 0.1) is 0 Å². The fourth-order valence-corrected chi connectivity index (χ4v) is 2.38. The number of hydrogen-bond acceptors (Lipinski definition) is 5. The van der Waals surface area contributed by atoms with E-state index in [1.54, 1.807) is 6.92 Å². The van der Waals surface area contributed by atoms with Gasteiger partial charge in [0.25, 0.3) is 5.91 Å². The highest BCUT2D eigenvalue weighted by Gasteiger charge is 2.21. The lowest BCUT2D eigenvalue weighted by molar-refractivity contribution is 0.0694. The van der Waals surface area contributed by atoms with Crippen molar-refractivity contribution >= 4 is 11.9 Å². The summed E-state index contributed by atoms with van der Waals surface area (Å²) in [4.78, 5) is 23.3. The van der Waals surface area contributed by atoms with Gasteiger partial charge in [-0.2, -0.15) is 0 Å². The average molecular weight is 320 g/mol. The quantitative estimate of drug-likeness (QED) is 0.812. The van der Waals surface area contributed by atoms with E-state index in [0.29, 0.717) is 19.3 Å². The summed E-state index contributed by atoms with van der Waals surface area (Å²) in [5.74, 6) is -0.548. The molecule has 2 N–H and O–H groups in total. The molecule has 23 heavy (non-hydrogen) atoms. The number of aromatic nitrogens is 1. The highest BCUT2D eigenvalue weighted by molar-refractivity contribution is 5.96. The molecule has 1 amide bonds. The molecule has 2 heterocycles. The zero-order valence-electron chi connectivity index (χ0n) is 13.4. The summed E-state index contributed by atoms with van der Waals surface area (Å²) in [6.07, 6.45) is 1.79. The summed E-state index contributed by atoms with van der Waals surface area (Å²) in [6, 6.07) is 1.26. The average Bonchev–Trinajstić information content (AvgIpc) is 3.15. The van der Waals surface area contributed by atoms with E-state index < -0.39 is 11.9 Å². The second kappa shape index (κ2) is 7.13. The molecule has 0 radical (unpaired) electrons. The van der Waals surface area contributed by atoms with E-state index in [4.69, 9.17) is 14.0 Å². The lowest BCUT2D eigenvalue weighted by Crippen LogP contribution is -2.23. The smallest absolute Gasteiger partial charge is 0.339 e. The number of carbonyl (C=O) groups is 2. The maximum Gasteiger partial charge on any atom is 0.339 e. The maximum atomic E-state index is 12.2. The number of amides is 1. The minimum atomic E-state index is -1.11. The number of carboxylic acid groups (broad SMARTS) is 1. The van der Waals surface area contributed by atoms with Crippen LogP contribution in [0.1, 0.15) is 64.5 Å². The van der Waals surface area contributed by atoms with E-state index in [2.05, 4.69) is 10.5 Å². The SMILES string of the molecule is CCc1noc(CC)c1CNC(=O)c1cc(C(=O)O)c(CC)o1. The fourth-order valence-electron chi connectivity index (χ4n) is 2.38. The topological polar surface area (TPSA) is 106 Å². The number of furan rings is 1. The molecule has 0 aliphatic heterocycles. The lowest BCUT2D eigenvalue weighted by atomic mass is 10.1. The Labute approximate surface area is 133 Å². The van der Waals surface area contributed by atoms with Crippen LogP contribution >= 0.6 is 0 Å². The minimum absolute atomic E-state index is 0.00759. The van der Waals surface area contributed by atoms with Crippen LogP contribution in [0.25, 0.3) is 0 Å². The summed E-state index contributed by atoms with van der Waals surface area (Å²) < 4.78 is 10.6. The molecule has 0 unspecified atom stereocenters. The monoisotopic (exact) mass is 320 g/mol. The zero-order chi connectivity index (χ0) is 17.0. The van der Waals surface area contributed by atoms with Crippen molar-refractivity contribution in [3.8, 4) is 0 Å². The molecule has 0 spiro atoms. The summed E-state index contributed by atoms with van der Waals surface area (Å²) in [5.41, 5.74) is 1.69. The third kappa shape index (κ3) is 3.44. The first-order valence-corrected chi connectivity index (χ1v) is 7.62. The predicted octanol–water partition coefficient (Wildman–Crippen LogP) is 2.58. The molecular weight excluding hydrogens is 300 g/mol. The Kier molecular flexibility index (Phi) is 5.20. The number of carbonyl (C=O) groups excluding carboxylic acids is 1. The summed E-state index contributed by atoms with van der Waals surface area (Å²) >= 11 is 0. The largest absolute Gasteiger partial charge is 0.478 e. The van der Waals surface area contributed by atoms with Crippen LogP contribution in [0.3, 0.4) is 0 Å². The van der Waals surface area contributed by atoms with Crippen LogP contribution in [0.5, 0.6) is 0 Å². The van der Waals surface area contributed by atoms with Crippen molar-refractivity contribution in [2.45, 2.75) is 46.6 Å². The van der Waals surface area contributed by atoms with Crippen LogP contribution in [0.2, 0.25) is 0 Å². The molecule has 124 valence electrons. The summed E-state index contributed by atoms with van der Waals surface area (Å²) in [5, 5.41) is 15.8. The van der Waals surface area contributed by atoms with Gasteiger partial charge in [-0.05, 0) is 6.42 Å². The van der Waals surface area contributed by atoms with E-state index in [1.807, 2.05) is 13.8 Å². The van der Waals surface area contributed by atoms with Gasteiger partial charge in [0.05, 0.1) is 5.69 Å². The molecule has 0 aliphatic carbocycles. The fraction of sp³-hybridized carbons (Fsp3) is 0.438. The van der Waals surface area contributed by atoms with Crippen LogP contribution in [-0.4, -0.2) is 22.1 Å². The molecule has 0 aliphatic rings. The normalized spacial score (nSPS) is 10.7. The number of nitrogens with zero attached hydrogens (tertiary/aromatic N) is 1. The lowest BCUT2D eigenvalue weighted by Gasteiger charge is -2.04. The van der Waals surface area contributed by atoms with Gasteiger partial charge in [0.15, 0.2) is 5.76 Å². The standard InChI is InChI=1S/C16H20N2O5/c1-4-11-10(13(6-3)23-18-11)8-17-15(19)14-7-9(16(20)21)12(5-2)22-14/h7H,4-6,8H2,1-3H3,(H,17,19)(H,20,21). The maximum absolute atomic E-state index is 12.2. The van der Waals surface area contributed by atoms with Crippen LogP contribution < -0.4 is 5.32 Å². The van der Waals surface area contributed by atoms with Crippen molar-refractivity contribution in [2.24, 2.45) is 0 Å². The summed E-state index contributed by atoms with van der Waals surface area (Å²) in [7, 11) is 0. The molecule has 0 saturated heterocycles. The molecule has 0 fully saturated rings. The minimum Gasteiger partial charge on any atom is -0.478 e. The molecule has 0 saturated carbocycles. The zero-order valence-corrected chi connectivity index (χ0v) is 13.4. The van der Waals surface area contributed by atoms with E-state index in [0.717, 1.165) is 17.0 Å². The van der Waals surface area contributed by atoms with Crippen LogP contribution in [0.15, 0.2) is 15.0 Å². The number of nitrogens with one attached hydrogen (secondary N) is 1. The molecule has 2 aromatic heterocycles.